The highest BCUT2D eigenvalue weighted by atomic mass is 35.5. The van der Waals surface area contributed by atoms with Crippen LogP contribution in [0.1, 0.15) is 51.8 Å². The van der Waals surface area contributed by atoms with Crippen molar-refractivity contribution in [3.05, 3.63) is 107 Å². The SMILES string of the molecule is CCC(C)n1ncn(-c2ccc(N3CCN(c4ccc(OC[C@@H]5CO[C@@](CSc6ncnn6C(C)C)(c6ccc(Cl)cc6)O5)cc4)CC3)cc2)c1=O. The van der Waals surface area contributed by atoms with E-state index in [-0.39, 0.29) is 23.9 Å². The molecular weight excluding hydrogens is 700 g/mol. The van der Waals surface area contributed by atoms with Gasteiger partial charge in [0.25, 0.3) is 0 Å². The molecule has 0 bridgehead atoms. The summed E-state index contributed by atoms with van der Waals surface area (Å²) in [5.74, 6) is 0.307. The summed E-state index contributed by atoms with van der Waals surface area (Å²) in [5.41, 5.74) is 3.91. The minimum Gasteiger partial charge on any atom is -0.491 e. The number of piperazine rings is 1. The van der Waals surface area contributed by atoms with Gasteiger partial charge in [-0.2, -0.15) is 10.2 Å². The standard InChI is InChI=1S/C38H45ClN8O4S/c1-5-28(4)47-37(48)45(26-42-47)33-12-10-31(11-13-33)43-18-20-44(21-19-43)32-14-16-34(17-15-32)49-22-35-23-50-38(51-35,29-6-8-30(39)9-7-29)24-52-36-40-25-41-46(36)27(2)3/h6-17,25-28,35H,5,18-24H2,1-4H3/t28?,35-,38-/m1/s1. The summed E-state index contributed by atoms with van der Waals surface area (Å²) in [7, 11) is 0. The highest BCUT2D eigenvalue weighted by molar-refractivity contribution is 7.99. The first-order valence-electron chi connectivity index (χ1n) is 17.8. The molecule has 2 saturated heterocycles. The molecule has 7 rings (SSSR count). The number of nitrogens with zero attached hydrogens (tertiary/aromatic N) is 8. The van der Waals surface area contributed by atoms with E-state index in [1.807, 2.05) is 60.1 Å². The van der Waals surface area contributed by atoms with Crippen molar-refractivity contribution >= 4 is 34.7 Å². The number of hydrogen-bond acceptors (Lipinski definition) is 10. The molecule has 4 heterocycles. The molecule has 14 heteroatoms. The van der Waals surface area contributed by atoms with Gasteiger partial charge < -0.3 is 24.0 Å². The summed E-state index contributed by atoms with van der Waals surface area (Å²) in [6, 6.07) is 24.3. The predicted molar refractivity (Wildman–Crippen MR) is 204 cm³/mol. The second kappa shape index (κ2) is 15.7. The predicted octanol–water partition coefficient (Wildman–Crippen LogP) is 6.60. The maximum atomic E-state index is 12.8. The third kappa shape index (κ3) is 7.73. The van der Waals surface area contributed by atoms with Crippen molar-refractivity contribution in [2.75, 3.05) is 54.9 Å². The van der Waals surface area contributed by atoms with Crippen LogP contribution < -0.4 is 20.2 Å². The van der Waals surface area contributed by atoms with Crippen LogP contribution in [0.3, 0.4) is 0 Å². The molecular formula is C38H45ClN8O4S. The Kier molecular flexibility index (Phi) is 10.9. The molecule has 0 aliphatic carbocycles. The summed E-state index contributed by atoms with van der Waals surface area (Å²) in [6.07, 6.45) is 3.77. The maximum Gasteiger partial charge on any atom is 0.350 e. The topological polar surface area (TPSA) is 105 Å². The zero-order chi connectivity index (χ0) is 36.2. The third-order valence-electron chi connectivity index (χ3n) is 9.68. The van der Waals surface area contributed by atoms with E-state index in [1.165, 1.54) is 0 Å². The van der Waals surface area contributed by atoms with Gasteiger partial charge >= 0.3 is 5.69 Å². The zero-order valence-electron chi connectivity index (χ0n) is 30.0. The Morgan fingerprint density at radius 2 is 1.52 bits per heavy atom. The summed E-state index contributed by atoms with van der Waals surface area (Å²) in [6.45, 7) is 12.6. The molecule has 3 aromatic carbocycles. The largest absolute Gasteiger partial charge is 0.491 e. The van der Waals surface area contributed by atoms with Crippen LogP contribution in [0, 0.1) is 0 Å². The molecule has 0 amide bonds. The number of thioether (sulfide) groups is 1. The van der Waals surface area contributed by atoms with Crippen LogP contribution in [0.2, 0.25) is 5.02 Å². The first-order chi connectivity index (χ1) is 25.2. The smallest absolute Gasteiger partial charge is 0.350 e. The fraction of sp³-hybridized carbons (Fsp3) is 0.421. The van der Waals surface area contributed by atoms with E-state index in [4.69, 9.17) is 25.8 Å². The van der Waals surface area contributed by atoms with Crippen molar-refractivity contribution in [1.82, 2.24) is 29.1 Å². The average Bonchev–Trinajstić information content (AvgIpc) is 3.93. The van der Waals surface area contributed by atoms with Gasteiger partial charge in [0.15, 0.2) is 5.16 Å². The van der Waals surface area contributed by atoms with Crippen molar-refractivity contribution in [3.8, 4) is 11.4 Å². The van der Waals surface area contributed by atoms with Crippen LogP contribution in [0.25, 0.3) is 5.69 Å². The Hall–Kier alpha value is -4.30. The fourth-order valence-electron chi connectivity index (χ4n) is 6.48. The number of halogens is 1. The van der Waals surface area contributed by atoms with E-state index in [0.29, 0.717) is 24.0 Å². The summed E-state index contributed by atoms with van der Waals surface area (Å²) >= 11 is 7.76. The van der Waals surface area contributed by atoms with Gasteiger partial charge in [-0.25, -0.2) is 23.7 Å². The minimum absolute atomic E-state index is 0.0672. The van der Waals surface area contributed by atoms with Crippen LogP contribution in [-0.2, 0) is 15.3 Å². The van der Waals surface area contributed by atoms with Crippen LogP contribution in [0.15, 0.2) is 95.4 Å². The second-order valence-electron chi connectivity index (χ2n) is 13.5. The Labute approximate surface area is 313 Å². The van der Waals surface area contributed by atoms with Crippen LogP contribution >= 0.6 is 23.4 Å². The van der Waals surface area contributed by atoms with Crippen LogP contribution in [0.4, 0.5) is 11.4 Å². The number of rotatable bonds is 13. The van der Waals surface area contributed by atoms with Crippen molar-refractivity contribution < 1.29 is 14.2 Å². The van der Waals surface area contributed by atoms with E-state index in [1.54, 1.807) is 33.7 Å². The summed E-state index contributed by atoms with van der Waals surface area (Å²) in [4.78, 5) is 22.1. The summed E-state index contributed by atoms with van der Waals surface area (Å²) in [5, 5.41) is 10.1. The Morgan fingerprint density at radius 1 is 0.885 bits per heavy atom. The lowest BCUT2D eigenvalue weighted by Crippen LogP contribution is -2.46. The molecule has 2 aliphatic rings. The molecule has 2 aromatic heterocycles. The Morgan fingerprint density at radius 3 is 2.15 bits per heavy atom. The van der Waals surface area contributed by atoms with Crippen molar-refractivity contribution in [3.63, 3.8) is 0 Å². The molecule has 1 unspecified atom stereocenters. The molecule has 0 spiro atoms. The second-order valence-corrected chi connectivity index (χ2v) is 14.8. The van der Waals surface area contributed by atoms with E-state index < -0.39 is 5.79 Å². The Bertz CT molecular complexity index is 1970. The van der Waals surface area contributed by atoms with E-state index >= 15 is 0 Å². The molecule has 5 aromatic rings. The summed E-state index contributed by atoms with van der Waals surface area (Å²) < 4.78 is 24.3. The van der Waals surface area contributed by atoms with E-state index in [0.717, 1.165) is 66.1 Å². The molecule has 12 nitrogen and oxygen atoms in total. The van der Waals surface area contributed by atoms with Gasteiger partial charge in [0.1, 0.15) is 31.1 Å². The van der Waals surface area contributed by atoms with Gasteiger partial charge in [-0.05, 0) is 87.9 Å². The molecule has 0 radical (unpaired) electrons. The molecule has 274 valence electrons. The van der Waals surface area contributed by atoms with Crippen LogP contribution in [0.5, 0.6) is 5.75 Å². The molecule has 0 N–H and O–H groups in total. The molecule has 2 fully saturated rings. The molecule has 2 aliphatic heterocycles. The van der Waals surface area contributed by atoms with Crippen molar-refractivity contribution in [1.29, 1.82) is 0 Å². The monoisotopic (exact) mass is 744 g/mol. The van der Waals surface area contributed by atoms with E-state index in [2.05, 4.69) is 70.0 Å². The molecule has 52 heavy (non-hydrogen) atoms. The molecule has 0 saturated carbocycles. The number of hydrogen-bond donors (Lipinski definition) is 0. The molecule has 3 atom stereocenters. The highest BCUT2D eigenvalue weighted by Crippen LogP contribution is 2.40. The number of benzene rings is 3. The highest BCUT2D eigenvalue weighted by Gasteiger charge is 2.44. The quantitative estimate of drug-likeness (QED) is 0.123. The fourth-order valence-corrected chi connectivity index (χ4v) is 7.75. The number of ether oxygens (including phenoxy) is 3. The maximum absolute atomic E-state index is 12.8. The lowest BCUT2D eigenvalue weighted by molar-refractivity contribution is -0.160. The van der Waals surface area contributed by atoms with Gasteiger partial charge in [-0.3, -0.25) is 0 Å². The van der Waals surface area contributed by atoms with Gasteiger partial charge in [0, 0.05) is 54.2 Å². The normalized spacial score (nSPS) is 19.8. The van der Waals surface area contributed by atoms with Gasteiger partial charge in [0.05, 0.1) is 24.1 Å². The van der Waals surface area contributed by atoms with Crippen molar-refractivity contribution in [2.24, 2.45) is 0 Å². The van der Waals surface area contributed by atoms with Gasteiger partial charge in [-0.1, -0.05) is 42.4 Å². The first-order valence-corrected chi connectivity index (χ1v) is 19.2. The minimum atomic E-state index is -0.970. The Balaban J connectivity index is 0.918. The first kappa shape index (κ1) is 36.1. The number of anilines is 2. The third-order valence-corrected chi connectivity index (χ3v) is 11.0. The zero-order valence-corrected chi connectivity index (χ0v) is 31.5. The van der Waals surface area contributed by atoms with Crippen LogP contribution in [-0.4, -0.2) is 80.4 Å². The van der Waals surface area contributed by atoms with Gasteiger partial charge in [0.2, 0.25) is 5.79 Å². The lowest BCUT2D eigenvalue weighted by Gasteiger charge is -2.37. The van der Waals surface area contributed by atoms with Crippen molar-refractivity contribution in [2.45, 2.75) is 63.2 Å². The lowest BCUT2D eigenvalue weighted by atomic mass is 10.1. The average molecular weight is 745 g/mol. The van der Waals surface area contributed by atoms with E-state index in [9.17, 15) is 4.79 Å². The number of aromatic nitrogens is 6. The van der Waals surface area contributed by atoms with Gasteiger partial charge in [-0.15, -0.1) is 0 Å².